The molecule has 21 heavy (non-hydrogen) atoms. The third-order valence-corrected chi connectivity index (χ3v) is 3.37. The van der Waals surface area contributed by atoms with Crippen LogP contribution in [-0.2, 0) is 11.2 Å². The molecule has 0 saturated heterocycles. The van der Waals surface area contributed by atoms with Gasteiger partial charge in [0.2, 0.25) is 11.9 Å². The Morgan fingerprint density at radius 2 is 1.76 bits per heavy atom. The lowest BCUT2D eigenvalue weighted by atomic mass is 10.1. The Morgan fingerprint density at radius 3 is 2.29 bits per heavy atom. The highest BCUT2D eigenvalue weighted by Gasteiger charge is 2.18. The maximum Gasteiger partial charge on any atom is 0.232 e. The lowest BCUT2D eigenvalue weighted by Gasteiger charge is -2.21. The number of hydrogen-bond acceptors (Lipinski definition) is 3. The van der Waals surface area contributed by atoms with Crippen molar-refractivity contribution < 1.29 is 4.79 Å². The molecule has 0 aliphatic rings. The fraction of sp³-hybridized carbons (Fsp3) is 0.706. The van der Waals surface area contributed by atoms with Gasteiger partial charge in [0, 0.05) is 25.4 Å². The smallest absolute Gasteiger partial charge is 0.232 e. The Labute approximate surface area is 129 Å². The molecule has 0 radical (unpaired) electrons. The van der Waals surface area contributed by atoms with Crippen molar-refractivity contribution in [3.8, 4) is 0 Å². The largest absolute Gasteiger partial charge is 0.281 e. The van der Waals surface area contributed by atoms with Crippen LogP contribution in [-0.4, -0.2) is 22.4 Å². The van der Waals surface area contributed by atoms with E-state index < -0.39 is 0 Å². The number of aryl methyl sites for hydroxylation is 1. The van der Waals surface area contributed by atoms with Gasteiger partial charge in [-0.2, -0.15) is 0 Å². The number of carbonyl (C=O) groups excluding carboxylic acids is 1. The fourth-order valence-electron chi connectivity index (χ4n) is 2.11. The minimum absolute atomic E-state index is 0.125. The minimum atomic E-state index is 0.125. The molecule has 4 heteroatoms. The number of amides is 1. The quantitative estimate of drug-likeness (QED) is 0.691. The maximum atomic E-state index is 12.4. The van der Waals surface area contributed by atoms with E-state index in [0.717, 1.165) is 37.7 Å². The van der Waals surface area contributed by atoms with E-state index in [0.29, 0.717) is 24.8 Å². The van der Waals surface area contributed by atoms with E-state index >= 15 is 0 Å². The van der Waals surface area contributed by atoms with E-state index in [-0.39, 0.29) is 5.91 Å². The molecule has 0 bridgehead atoms. The van der Waals surface area contributed by atoms with E-state index in [1.807, 2.05) is 12.4 Å². The van der Waals surface area contributed by atoms with Gasteiger partial charge in [0.25, 0.3) is 0 Å². The van der Waals surface area contributed by atoms with Crippen LogP contribution in [0.5, 0.6) is 0 Å². The van der Waals surface area contributed by atoms with Crippen molar-refractivity contribution in [1.82, 2.24) is 9.97 Å². The fourth-order valence-corrected chi connectivity index (χ4v) is 2.11. The van der Waals surface area contributed by atoms with Gasteiger partial charge in [0.05, 0.1) is 0 Å². The zero-order valence-corrected chi connectivity index (χ0v) is 13.9. The van der Waals surface area contributed by atoms with Gasteiger partial charge in [-0.25, -0.2) is 9.97 Å². The summed E-state index contributed by atoms with van der Waals surface area (Å²) in [6.07, 6.45) is 9.62. The molecule has 0 atom stereocenters. The molecular weight excluding hydrogens is 262 g/mol. The lowest BCUT2D eigenvalue weighted by molar-refractivity contribution is -0.119. The lowest BCUT2D eigenvalue weighted by Crippen LogP contribution is -2.34. The monoisotopic (exact) mass is 291 g/mol. The number of anilines is 1. The summed E-state index contributed by atoms with van der Waals surface area (Å²) in [6, 6.07) is 0. The second kappa shape index (κ2) is 9.48. The van der Waals surface area contributed by atoms with Gasteiger partial charge in [0.15, 0.2) is 0 Å². The Morgan fingerprint density at radius 1 is 1.14 bits per heavy atom. The predicted molar refractivity (Wildman–Crippen MR) is 87.4 cm³/mol. The summed E-state index contributed by atoms with van der Waals surface area (Å²) >= 11 is 0. The predicted octanol–water partition coefficient (Wildman–Crippen LogP) is 4.00. The van der Waals surface area contributed by atoms with Crippen molar-refractivity contribution in [2.24, 2.45) is 5.92 Å². The van der Waals surface area contributed by atoms with Crippen molar-refractivity contribution in [2.75, 3.05) is 11.4 Å². The summed E-state index contributed by atoms with van der Waals surface area (Å²) in [4.78, 5) is 22.9. The zero-order valence-electron chi connectivity index (χ0n) is 13.9. The third kappa shape index (κ3) is 6.23. The molecule has 118 valence electrons. The highest BCUT2D eigenvalue weighted by molar-refractivity contribution is 5.91. The first-order valence-corrected chi connectivity index (χ1v) is 8.19. The number of rotatable bonds is 9. The van der Waals surface area contributed by atoms with Crippen molar-refractivity contribution >= 4 is 11.9 Å². The van der Waals surface area contributed by atoms with Crippen LogP contribution in [0.15, 0.2) is 12.4 Å². The van der Waals surface area contributed by atoms with Crippen LogP contribution in [0.1, 0.15) is 65.4 Å². The van der Waals surface area contributed by atoms with Gasteiger partial charge in [-0.1, -0.05) is 40.5 Å². The molecule has 0 aliphatic heterocycles. The minimum Gasteiger partial charge on any atom is -0.281 e. The van der Waals surface area contributed by atoms with Gasteiger partial charge < -0.3 is 0 Å². The number of hydrogen-bond donors (Lipinski definition) is 0. The summed E-state index contributed by atoms with van der Waals surface area (Å²) in [7, 11) is 0. The molecule has 0 aromatic carbocycles. The number of carbonyl (C=O) groups is 1. The second-order valence-electron chi connectivity index (χ2n) is 5.99. The molecule has 0 aliphatic carbocycles. The van der Waals surface area contributed by atoms with E-state index in [4.69, 9.17) is 0 Å². The summed E-state index contributed by atoms with van der Waals surface area (Å²) in [5.41, 5.74) is 1.15. The topological polar surface area (TPSA) is 46.1 Å². The average molecular weight is 291 g/mol. The molecule has 0 unspecified atom stereocenters. The van der Waals surface area contributed by atoms with E-state index in [1.165, 1.54) is 0 Å². The molecular formula is C17H29N3O. The van der Waals surface area contributed by atoms with Crippen molar-refractivity contribution in [2.45, 2.75) is 66.2 Å². The van der Waals surface area contributed by atoms with Gasteiger partial charge in [-0.3, -0.25) is 9.69 Å². The molecule has 1 aromatic heterocycles. The second-order valence-corrected chi connectivity index (χ2v) is 5.99. The van der Waals surface area contributed by atoms with Crippen molar-refractivity contribution in [3.05, 3.63) is 18.0 Å². The Kier molecular flexibility index (Phi) is 7.95. The number of nitrogens with zero attached hydrogens (tertiary/aromatic N) is 3. The van der Waals surface area contributed by atoms with Crippen molar-refractivity contribution in [1.29, 1.82) is 0 Å². The molecule has 1 aromatic rings. The van der Waals surface area contributed by atoms with Gasteiger partial charge in [0.1, 0.15) is 0 Å². The van der Waals surface area contributed by atoms with E-state index in [9.17, 15) is 4.79 Å². The SMILES string of the molecule is CCCCc1cnc(N(CCCC)C(=O)CC(C)C)nc1. The molecule has 0 N–H and O–H groups in total. The van der Waals surface area contributed by atoms with Crippen LogP contribution in [0, 0.1) is 5.92 Å². The summed E-state index contributed by atoms with van der Waals surface area (Å²) in [5.74, 6) is 1.03. The Balaban J connectivity index is 2.79. The summed E-state index contributed by atoms with van der Waals surface area (Å²) in [5, 5.41) is 0. The summed E-state index contributed by atoms with van der Waals surface area (Å²) < 4.78 is 0. The Bertz CT molecular complexity index is 415. The van der Waals surface area contributed by atoms with Crippen LogP contribution in [0.4, 0.5) is 5.95 Å². The summed E-state index contributed by atoms with van der Waals surface area (Å²) in [6.45, 7) is 9.12. The average Bonchev–Trinajstić information content (AvgIpc) is 2.46. The van der Waals surface area contributed by atoms with Crippen LogP contribution in [0.25, 0.3) is 0 Å². The highest BCUT2D eigenvalue weighted by Crippen LogP contribution is 2.14. The molecule has 1 rings (SSSR count). The third-order valence-electron chi connectivity index (χ3n) is 3.37. The molecule has 1 heterocycles. The maximum absolute atomic E-state index is 12.4. The zero-order chi connectivity index (χ0) is 15.7. The standard InChI is InChI=1S/C17H29N3O/c1-5-7-9-15-12-18-17(19-13-15)20(10-8-6-2)16(21)11-14(3)4/h12-14H,5-11H2,1-4H3. The van der Waals surface area contributed by atoms with Gasteiger partial charge in [-0.15, -0.1) is 0 Å². The van der Waals surface area contributed by atoms with Crippen molar-refractivity contribution in [3.63, 3.8) is 0 Å². The molecule has 0 saturated carbocycles. The number of aromatic nitrogens is 2. The molecule has 0 spiro atoms. The first kappa shape index (κ1) is 17.6. The van der Waals surface area contributed by atoms with Crippen LogP contribution < -0.4 is 4.90 Å². The molecule has 0 fully saturated rings. The normalized spacial score (nSPS) is 10.9. The van der Waals surface area contributed by atoms with Gasteiger partial charge in [-0.05, 0) is 30.7 Å². The first-order chi connectivity index (χ1) is 10.1. The van der Waals surface area contributed by atoms with Gasteiger partial charge >= 0.3 is 0 Å². The highest BCUT2D eigenvalue weighted by atomic mass is 16.2. The molecule has 1 amide bonds. The van der Waals surface area contributed by atoms with E-state index in [2.05, 4.69) is 37.7 Å². The van der Waals surface area contributed by atoms with Crippen LogP contribution >= 0.6 is 0 Å². The Hall–Kier alpha value is -1.45. The van der Waals surface area contributed by atoms with E-state index in [1.54, 1.807) is 4.90 Å². The number of unbranched alkanes of at least 4 members (excludes halogenated alkanes) is 2. The van der Waals surface area contributed by atoms with Crippen LogP contribution in [0.2, 0.25) is 0 Å². The molecule has 4 nitrogen and oxygen atoms in total. The first-order valence-electron chi connectivity index (χ1n) is 8.19. The van der Waals surface area contributed by atoms with Crippen LogP contribution in [0.3, 0.4) is 0 Å².